The third-order valence-corrected chi connectivity index (χ3v) is 2.76. The first-order valence-electron chi connectivity index (χ1n) is 4.72. The minimum atomic E-state index is 0.203. The third-order valence-electron chi connectivity index (χ3n) is 2.46. The van der Waals surface area contributed by atoms with Crippen LogP contribution in [0.25, 0.3) is 22.1 Å². The summed E-state index contributed by atoms with van der Waals surface area (Å²) in [5.41, 5.74) is 2.34. The molecule has 3 rings (SSSR count). The molecule has 3 nitrogen and oxygen atoms in total. The Bertz CT molecular complexity index is 703. The number of aldehydes is 1. The molecule has 0 atom stereocenters. The van der Waals surface area contributed by atoms with E-state index in [0.717, 1.165) is 11.0 Å². The van der Waals surface area contributed by atoms with Gasteiger partial charge in [-0.05, 0) is 18.2 Å². The van der Waals surface area contributed by atoms with Crippen LogP contribution in [-0.4, -0.2) is 11.3 Å². The highest BCUT2D eigenvalue weighted by Gasteiger charge is 2.11. The Morgan fingerprint density at radius 2 is 2.06 bits per heavy atom. The lowest BCUT2D eigenvalue weighted by Gasteiger charge is -1.94. The van der Waals surface area contributed by atoms with Crippen LogP contribution in [0.5, 0.6) is 0 Å². The summed E-state index contributed by atoms with van der Waals surface area (Å²) < 4.78 is 5.57. The first-order valence-corrected chi connectivity index (χ1v) is 5.10. The van der Waals surface area contributed by atoms with Gasteiger partial charge in [-0.3, -0.25) is 4.79 Å². The van der Waals surface area contributed by atoms with E-state index in [1.807, 2.05) is 24.3 Å². The van der Waals surface area contributed by atoms with Crippen LogP contribution < -0.4 is 0 Å². The maximum Gasteiger partial charge on any atom is 0.154 e. The van der Waals surface area contributed by atoms with Gasteiger partial charge in [0, 0.05) is 5.39 Å². The normalized spacial score (nSPS) is 11.1. The zero-order valence-electron chi connectivity index (χ0n) is 8.11. The second kappa shape index (κ2) is 3.32. The molecule has 2 heterocycles. The second-order valence-electron chi connectivity index (χ2n) is 3.43. The Morgan fingerprint density at radius 1 is 1.25 bits per heavy atom. The minimum Gasteiger partial charge on any atom is -0.454 e. The number of hydrogen-bond acceptors (Lipinski definition) is 3. The van der Waals surface area contributed by atoms with E-state index in [9.17, 15) is 4.79 Å². The van der Waals surface area contributed by atoms with E-state index >= 15 is 0 Å². The largest absolute Gasteiger partial charge is 0.454 e. The van der Waals surface area contributed by atoms with Crippen LogP contribution >= 0.6 is 11.6 Å². The molecule has 0 saturated heterocycles. The Labute approximate surface area is 95.6 Å². The maximum atomic E-state index is 10.7. The lowest BCUT2D eigenvalue weighted by molar-refractivity contribution is 0.112. The van der Waals surface area contributed by atoms with Gasteiger partial charge < -0.3 is 4.42 Å². The molecule has 2 aromatic heterocycles. The average molecular weight is 232 g/mol. The molecule has 0 radical (unpaired) electrons. The molecular weight excluding hydrogens is 226 g/mol. The van der Waals surface area contributed by atoms with Gasteiger partial charge in [-0.1, -0.05) is 23.7 Å². The molecule has 0 bridgehead atoms. The molecule has 1 aromatic carbocycles. The number of carbonyl (C=O) groups is 1. The number of carbonyl (C=O) groups excluding carboxylic acids is 1. The number of para-hydroxylation sites is 1. The highest BCUT2D eigenvalue weighted by molar-refractivity contribution is 6.32. The van der Waals surface area contributed by atoms with Crippen LogP contribution in [0, 0.1) is 0 Å². The van der Waals surface area contributed by atoms with Crippen molar-refractivity contribution in [3.05, 3.63) is 41.0 Å². The van der Waals surface area contributed by atoms with Gasteiger partial charge in [0.1, 0.15) is 16.3 Å². The van der Waals surface area contributed by atoms with Crippen LogP contribution in [0.1, 0.15) is 10.4 Å². The lowest BCUT2D eigenvalue weighted by atomic mass is 10.2. The molecule has 0 unspecified atom stereocenters. The number of furan rings is 1. The molecule has 0 aliphatic carbocycles. The summed E-state index contributed by atoms with van der Waals surface area (Å²) >= 11 is 5.88. The quantitative estimate of drug-likeness (QED) is 0.476. The monoisotopic (exact) mass is 231 g/mol. The smallest absolute Gasteiger partial charge is 0.154 e. The highest BCUT2D eigenvalue weighted by Crippen LogP contribution is 2.29. The van der Waals surface area contributed by atoms with Gasteiger partial charge in [0.15, 0.2) is 11.9 Å². The van der Waals surface area contributed by atoms with Gasteiger partial charge >= 0.3 is 0 Å². The van der Waals surface area contributed by atoms with E-state index in [1.54, 1.807) is 6.07 Å². The maximum absolute atomic E-state index is 10.7. The first kappa shape index (κ1) is 9.36. The topological polar surface area (TPSA) is 43.1 Å². The van der Waals surface area contributed by atoms with E-state index < -0.39 is 0 Å². The van der Waals surface area contributed by atoms with E-state index in [1.165, 1.54) is 0 Å². The number of nitrogens with zero attached hydrogens (tertiary/aromatic N) is 1. The zero-order valence-corrected chi connectivity index (χ0v) is 8.86. The molecule has 0 amide bonds. The van der Waals surface area contributed by atoms with Crippen LogP contribution in [0.2, 0.25) is 5.15 Å². The number of pyridine rings is 1. The zero-order chi connectivity index (χ0) is 11.1. The molecule has 4 heteroatoms. The molecular formula is C12H6ClNO2. The van der Waals surface area contributed by atoms with Crippen LogP contribution in [-0.2, 0) is 0 Å². The number of fused-ring (bicyclic) bond motifs is 3. The number of halogens is 1. The Hall–Kier alpha value is -1.87. The summed E-state index contributed by atoms with van der Waals surface area (Å²) in [5.74, 6) is 0. The summed E-state index contributed by atoms with van der Waals surface area (Å²) in [7, 11) is 0. The van der Waals surface area contributed by atoms with Gasteiger partial charge in [-0.25, -0.2) is 4.98 Å². The summed E-state index contributed by atoms with van der Waals surface area (Å²) in [6, 6.07) is 9.15. The summed E-state index contributed by atoms with van der Waals surface area (Å²) in [4.78, 5) is 14.9. The fourth-order valence-corrected chi connectivity index (χ4v) is 1.89. The number of rotatable bonds is 1. The number of hydrogen-bond donors (Lipinski definition) is 0. The van der Waals surface area contributed by atoms with Gasteiger partial charge in [0.25, 0.3) is 0 Å². The SMILES string of the molecule is O=Cc1cc2oc3ccccc3c2nc1Cl. The van der Waals surface area contributed by atoms with Crippen LogP contribution in [0.4, 0.5) is 0 Å². The summed E-state index contributed by atoms with van der Waals surface area (Å²) in [6.45, 7) is 0. The molecule has 0 saturated carbocycles. The molecule has 0 aliphatic rings. The molecule has 78 valence electrons. The van der Waals surface area contributed by atoms with Crippen molar-refractivity contribution in [3.8, 4) is 0 Å². The molecule has 3 aromatic rings. The fraction of sp³-hybridized carbons (Fsp3) is 0. The first-order chi connectivity index (χ1) is 7.79. The van der Waals surface area contributed by atoms with Crippen molar-refractivity contribution in [2.24, 2.45) is 0 Å². The second-order valence-corrected chi connectivity index (χ2v) is 3.79. The standard InChI is InChI=1S/C12H6ClNO2/c13-12-7(6-15)5-10-11(14-12)8-3-1-2-4-9(8)16-10/h1-6H. The number of aromatic nitrogens is 1. The van der Waals surface area contributed by atoms with Gasteiger partial charge in [0.05, 0.1) is 5.56 Å². The Kier molecular flexibility index (Phi) is 1.94. The summed E-state index contributed by atoms with van der Waals surface area (Å²) in [6.07, 6.45) is 0.669. The van der Waals surface area contributed by atoms with E-state index in [0.29, 0.717) is 22.9 Å². The predicted molar refractivity (Wildman–Crippen MR) is 61.9 cm³/mol. The van der Waals surface area contributed by atoms with Crippen LogP contribution in [0.3, 0.4) is 0 Å². The third kappa shape index (κ3) is 1.22. The van der Waals surface area contributed by atoms with Crippen molar-refractivity contribution >= 4 is 40.0 Å². The van der Waals surface area contributed by atoms with Crippen LogP contribution in [0.15, 0.2) is 34.7 Å². The van der Waals surface area contributed by atoms with E-state index in [-0.39, 0.29) is 5.15 Å². The molecule has 0 spiro atoms. The van der Waals surface area contributed by atoms with Crippen molar-refractivity contribution < 1.29 is 9.21 Å². The molecule has 16 heavy (non-hydrogen) atoms. The van der Waals surface area contributed by atoms with E-state index in [2.05, 4.69) is 4.98 Å². The number of benzene rings is 1. The van der Waals surface area contributed by atoms with Gasteiger partial charge in [-0.15, -0.1) is 0 Å². The highest BCUT2D eigenvalue weighted by atomic mass is 35.5. The van der Waals surface area contributed by atoms with Crippen molar-refractivity contribution in [2.75, 3.05) is 0 Å². The van der Waals surface area contributed by atoms with Gasteiger partial charge in [-0.2, -0.15) is 0 Å². The van der Waals surface area contributed by atoms with Crippen molar-refractivity contribution in [3.63, 3.8) is 0 Å². The van der Waals surface area contributed by atoms with Gasteiger partial charge in [0.2, 0.25) is 0 Å². The van der Waals surface area contributed by atoms with E-state index in [4.69, 9.17) is 16.0 Å². The Morgan fingerprint density at radius 3 is 2.88 bits per heavy atom. The van der Waals surface area contributed by atoms with Crippen molar-refractivity contribution in [1.29, 1.82) is 0 Å². The van der Waals surface area contributed by atoms with Crippen molar-refractivity contribution in [1.82, 2.24) is 4.98 Å². The fourth-order valence-electron chi connectivity index (χ4n) is 1.71. The average Bonchev–Trinajstić information content (AvgIpc) is 2.66. The Balaban J connectivity index is 2.51. The molecule has 0 N–H and O–H groups in total. The summed E-state index contributed by atoms with van der Waals surface area (Å²) in [5, 5.41) is 1.10. The lowest BCUT2D eigenvalue weighted by Crippen LogP contribution is -1.85. The van der Waals surface area contributed by atoms with Crippen molar-refractivity contribution in [2.45, 2.75) is 0 Å². The minimum absolute atomic E-state index is 0.203. The predicted octanol–water partition coefficient (Wildman–Crippen LogP) is 3.45. The molecule has 0 aliphatic heterocycles. The molecule has 0 fully saturated rings.